The van der Waals surface area contributed by atoms with Gasteiger partial charge in [0.2, 0.25) is 0 Å². The number of hydrogen-bond donors (Lipinski definition) is 1. The van der Waals surface area contributed by atoms with Crippen LogP contribution in [0.3, 0.4) is 0 Å². The first-order valence-electron chi connectivity index (χ1n) is 10.9. The van der Waals surface area contributed by atoms with Gasteiger partial charge in [0, 0.05) is 18.1 Å². The molecular formula is C21H37N3O2. The van der Waals surface area contributed by atoms with Gasteiger partial charge in [0.15, 0.2) is 5.96 Å². The molecule has 0 aromatic heterocycles. The summed E-state index contributed by atoms with van der Waals surface area (Å²) in [6, 6.07) is 1.37. The predicted molar refractivity (Wildman–Crippen MR) is 105 cm³/mol. The van der Waals surface area contributed by atoms with Crippen LogP contribution in [-0.4, -0.2) is 48.1 Å². The van der Waals surface area contributed by atoms with Crippen molar-refractivity contribution in [3.05, 3.63) is 0 Å². The second-order valence-electron chi connectivity index (χ2n) is 8.44. The number of ether oxygens (including phenoxy) is 1. The van der Waals surface area contributed by atoms with E-state index >= 15 is 0 Å². The zero-order valence-corrected chi connectivity index (χ0v) is 16.9. The zero-order valence-electron chi connectivity index (χ0n) is 16.9. The average molecular weight is 364 g/mol. The fraction of sp³-hybridized carbons (Fsp3) is 0.905. The van der Waals surface area contributed by atoms with E-state index in [1.807, 2.05) is 0 Å². The highest BCUT2D eigenvalue weighted by atomic mass is 16.5. The maximum atomic E-state index is 12.2. The minimum atomic E-state index is -0.116. The number of methoxy groups -OCH3 is 1. The van der Waals surface area contributed by atoms with Gasteiger partial charge in [-0.1, -0.05) is 51.9 Å². The Kier molecular flexibility index (Phi) is 6.82. The molecule has 3 heterocycles. The first-order chi connectivity index (χ1) is 12.7. The summed E-state index contributed by atoms with van der Waals surface area (Å²) >= 11 is 0. The molecule has 2 saturated heterocycles. The van der Waals surface area contributed by atoms with Crippen LogP contribution in [-0.2, 0) is 9.53 Å². The monoisotopic (exact) mass is 363 g/mol. The van der Waals surface area contributed by atoms with Crippen molar-refractivity contribution in [1.82, 2.24) is 10.2 Å². The predicted octanol–water partition coefficient (Wildman–Crippen LogP) is 3.87. The number of aliphatic imine (C=N–C) groups is 1. The van der Waals surface area contributed by atoms with Gasteiger partial charge in [0.05, 0.1) is 19.1 Å². The molecule has 0 aromatic rings. The lowest BCUT2D eigenvalue weighted by Crippen LogP contribution is -2.63. The maximum absolute atomic E-state index is 12.2. The van der Waals surface area contributed by atoms with Crippen LogP contribution >= 0.6 is 0 Å². The van der Waals surface area contributed by atoms with E-state index in [0.717, 1.165) is 12.4 Å². The third-order valence-electron chi connectivity index (χ3n) is 6.57. The summed E-state index contributed by atoms with van der Waals surface area (Å²) in [5.74, 6) is 0.829. The first kappa shape index (κ1) is 19.5. The molecule has 0 aliphatic carbocycles. The molecule has 2 fully saturated rings. The first-order valence-corrected chi connectivity index (χ1v) is 10.9. The summed E-state index contributed by atoms with van der Waals surface area (Å²) in [5.41, 5.74) is 0. The summed E-state index contributed by atoms with van der Waals surface area (Å²) < 4.78 is 5.06. The molecule has 5 nitrogen and oxygen atoms in total. The molecule has 0 amide bonds. The van der Waals surface area contributed by atoms with Gasteiger partial charge in [-0.05, 0) is 32.6 Å². The quantitative estimate of drug-likeness (QED) is 0.499. The fourth-order valence-electron chi connectivity index (χ4n) is 5.20. The van der Waals surface area contributed by atoms with Crippen LogP contribution < -0.4 is 5.32 Å². The molecule has 0 spiro atoms. The van der Waals surface area contributed by atoms with E-state index in [9.17, 15) is 4.79 Å². The van der Waals surface area contributed by atoms with E-state index in [1.54, 1.807) is 0 Å². The number of nitrogens with zero attached hydrogens (tertiary/aromatic N) is 2. The molecular weight excluding hydrogens is 326 g/mol. The molecule has 3 rings (SSSR count). The van der Waals surface area contributed by atoms with E-state index < -0.39 is 0 Å². The third kappa shape index (κ3) is 4.17. The lowest BCUT2D eigenvalue weighted by molar-refractivity contribution is -0.148. The Morgan fingerprint density at radius 1 is 1.19 bits per heavy atom. The number of carbonyl (C=O) groups excluding carboxylic acids is 1. The van der Waals surface area contributed by atoms with Crippen LogP contribution in [0.25, 0.3) is 0 Å². The number of rotatable bonds is 9. The van der Waals surface area contributed by atoms with Crippen LogP contribution in [0.1, 0.15) is 84.5 Å². The van der Waals surface area contributed by atoms with E-state index in [0.29, 0.717) is 12.1 Å². The Morgan fingerprint density at radius 3 is 2.65 bits per heavy atom. The number of carbonyl (C=O) groups is 1. The summed E-state index contributed by atoms with van der Waals surface area (Å²) in [5, 5.41) is 3.70. The highest BCUT2D eigenvalue weighted by molar-refractivity contribution is 5.86. The standard InChI is InChI=1S/C21H37N3O2/c1-4-5-6-7-8-9-10-11-16-14-17-12-13-18-19(20(25)26-3)15(2)22-21(23-16)24(17)18/h15-19H,4-14H2,1-3H3,(H,22,23)/t15-,16-,17+,18+,19+/m1/s1. The Bertz CT molecular complexity index is 507. The van der Waals surface area contributed by atoms with Crippen molar-refractivity contribution >= 4 is 11.9 Å². The van der Waals surface area contributed by atoms with Crippen LogP contribution in [0.2, 0.25) is 0 Å². The Balaban J connectivity index is 1.51. The van der Waals surface area contributed by atoms with Crippen LogP contribution in [0.15, 0.2) is 4.99 Å². The molecule has 0 unspecified atom stereocenters. The van der Waals surface area contributed by atoms with Crippen molar-refractivity contribution in [2.75, 3.05) is 7.11 Å². The van der Waals surface area contributed by atoms with Crippen molar-refractivity contribution in [2.24, 2.45) is 10.9 Å². The molecule has 0 saturated carbocycles. The molecule has 3 aliphatic heterocycles. The minimum Gasteiger partial charge on any atom is -0.469 e. The largest absolute Gasteiger partial charge is 0.469 e. The molecule has 1 N–H and O–H groups in total. The SMILES string of the molecule is CCCCCCCCC[C@@H]1C[C@@H]2CC[C@H]3[C@@H](C(=O)OC)[C@@H](C)N=C(N1)N23. The van der Waals surface area contributed by atoms with Gasteiger partial charge in [0.25, 0.3) is 0 Å². The smallest absolute Gasteiger partial charge is 0.312 e. The Labute approximate surface area is 159 Å². The number of guanidine groups is 1. The van der Waals surface area contributed by atoms with Gasteiger partial charge < -0.3 is 15.0 Å². The summed E-state index contributed by atoms with van der Waals surface area (Å²) in [6.45, 7) is 4.33. The minimum absolute atomic E-state index is 0.00210. The van der Waals surface area contributed by atoms with Crippen molar-refractivity contribution in [3.63, 3.8) is 0 Å². The van der Waals surface area contributed by atoms with E-state index in [1.165, 1.54) is 71.3 Å². The van der Waals surface area contributed by atoms with Crippen molar-refractivity contribution < 1.29 is 9.53 Å². The number of esters is 1. The molecule has 3 aliphatic rings. The van der Waals surface area contributed by atoms with Gasteiger partial charge in [-0.3, -0.25) is 4.79 Å². The lowest BCUT2D eigenvalue weighted by atomic mass is 9.89. The van der Waals surface area contributed by atoms with Crippen LogP contribution in [0.5, 0.6) is 0 Å². The second kappa shape index (κ2) is 9.09. The van der Waals surface area contributed by atoms with E-state index in [2.05, 4.69) is 24.1 Å². The highest BCUT2D eigenvalue weighted by Crippen LogP contribution is 2.39. The number of unbranched alkanes of at least 4 members (excludes halogenated alkanes) is 6. The van der Waals surface area contributed by atoms with Crippen molar-refractivity contribution in [3.8, 4) is 0 Å². The normalized spacial score (nSPS) is 32.7. The van der Waals surface area contributed by atoms with Crippen molar-refractivity contribution in [2.45, 2.75) is 109 Å². The van der Waals surface area contributed by atoms with Gasteiger partial charge in [-0.15, -0.1) is 0 Å². The van der Waals surface area contributed by atoms with Gasteiger partial charge in [-0.2, -0.15) is 0 Å². The summed E-state index contributed by atoms with van der Waals surface area (Å²) in [4.78, 5) is 19.5. The second-order valence-corrected chi connectivity index (χ2v) is 8.44. The lowest BCUT2D eigenvalue weighted by Gasteiger charge is -2.46. The molecule has 0 bridgehead atoms. The number of hydrogen-bond acceptors (Lipinski definition) is 5. The van der Waals surface area contributed by atoms with E-state index in [4.69, 9.17) is 9.73 Å². The zero-order chi connectivity index (χ0) is 18.5. The number of nitrogens with one attached hydrogen (secondary N) is 1. The summed E-state index contributed by atoms with van der Waals surface area (Å²) in [6.07, 6.45) is 14.2. The maximum Gasteiger partial charge on any atom is 0.312 e. The highest BCUT2D eigenvalue weighted by Gasteiger charge is 2.50. The van der Waals surface area contributed by atoms with Gasteiger partial charge in [-0.25, -0.2) is 4.99 Å². The topological polar surface area (TPSA) is 53.9 Å². The Hall–Kier alpha value is -1.26. The molecule has 26 heavy (non-hydrogen) atoms. The summed E-state index contributed by atoms with van der Waals surface area (Å²) in [7, 11) is 1.49. The molecule has 0 radical (unpaired) electrons. The van der Waals surface area contributed by atoms with E-state index in [-0.39, 0.29) is 24.0 Å². The van der Waals surface area contributed by atoms with Gasteiger partial charge in [0.1, 0.15) is 0 Å². The fourth-order valence-corrected chi connectivity index (χ4v) is 5.20. The van der Waals surface area contributed by atoms with Crippen LogP contribution in [0, 0.1) is 5.92 Å². The third-order valence-corrected chi connectivity index (χ3v) is 6.57. The molecule has 5 heteroatoms. The van der Waals surface area contributed by atoms with Gasteiger partial charge >= 0.3 is 5.97 Å². The van der Waals surface area contributed by atoms with Crippen LogP contribution in [0.4, 0.5) is 0 Å². The van der Waals surface area contributed by atoms with Crippen molar-refractivity contribution in [1.29, 1.82) is 0 Å². The molecule has 5 atom stereocenters. The average Bonchev–Trinajstić information content (AvgIpc) is 3.05. The Morgan fingerprint density at radius 2 is 1.92 bits per heavy atom. The molecule has 148 valence electrons. The molecule has 0 aromatic carbocycles.